The Kier molecular flexibility index (Phi) is 4.54. The summed E-state index contributed by atoms with van der Waals surface area (Å²) in [6.07, 6.45) is 3.21. The molecular formula is C18H19FN6O2. The largest absolute Gasteiger partial charge is 0.373 e. The molecule has 0 saturated heterocycles. The Balaban J connectivity index is 1.46. The van der Waals surface area contributed by atoms with E-state index in [1.807, 2.05) is 0 Å². The van der Waals surface area contributed by atoms with E-state index in [1.54, 1.807) is 24.4 Å². The Morgan fingerprint density at radius 1 is 1.30 bits per heavy atom. The first kappa shape index (κ1) is 17.5. The maximum atomic E-state index is 14.2. The van der Waals surface area contributed by atoms with Crippen molar-refractivity contribution in [1.82, 2.24) is 20.3 Å². The summed E-state index contributed by atoms with van der Waals surface area (Å²) in [6.45, 7) is 0.529. The van der Waals surface area contributed by atoms with Crippen LogP contribution in [0, 0.1) is 5.82 Å². The topological polar surface area (TPSA) is 123 Å². The molecule has 3 heterocycles. The van der Waals surface area contributed by atoms with E-state index in [2.05, 4.69) is 25.7 Å². The molecule has 0 spiro atoms. The number of nitrogens with two attached hydrogens (primary N) is 1. The quantitative estimate of drug-likeness (QED) is 0.564. The van der Waals surface area contributed by atoms with E-state index in [9.17, 15) is 9.50 Å². The van der Waals surface area contributed by atoms with Gasteiger partial charge in [-0.2, -0.15) is 0 Å². The molecule has 1 saturated carbocycles. The zero-order chi connectivity index (χ0) is 18.9. The third kappa shape index (κ3) is 3.38. The standard InChI is InChI=1S/C18H19FN6O2/c19-11-3-1-8-21-16(11)18(6-2-7-18)10-22-15-5-4-12(23-24-15)14-9-13(17(20)26)25-27-14/h1,3-5,8-9,17,26H,2,6-7,10,20H2,(H,22,24). The molecule has 9 heteroatoms. The van der Waals surface area contributed by atoms with Crippen molar-refractivity contribution in [1.29, 1.82) is 0 Å². The van der Waals surface area contributed by atoms with Gasteiger partial charge in [0.25, 0.3) is 0 Å². The number of nitrogens with one attached hydrogen (secondary N) is 1. The Hall–Kier alpha value is -2.91. The second kappa shape index (κ2) is 7.01. The van der Waals surface area contributed by atoms with Crippen LogP contribution in [0.2, 0.25) is 0 Å². The minimum Gasteiger partial charge on any atom is -0.373 e. The summed E-state index contributed by atoms with van der Waals surface area (Å²) in [4.78, 5) is 4.25. The minimum absolute atomic E-state index is 0.221. The number of pyridine rings is 1. The van der Waals surface area contributed by atoms with E-state index in [4.69, 9.17) is 10.3 Å². The molecule has 27 heavy (non-hydrogen) atoms. The van der Waals surface area contributed by atoms with Gasteiger partial charge in [-0.05, 0) is 37.1 Å². The molecule has 3 aromatic rings. The fourth-order valence-electron chi connectivity index (χ4n) is 3.24. The lowest BCUT2D eigenvalue weighted by molar-refractivity contribution is 0.175. The first-order chi connectivity index (χ1) is 13.1. The Labute approximate surface area is 154 Å². The van der Waals surface area contributed by atoms with Gasteiger partial charge in [0.2, 0.25) is 0 Å². The van der Waals surface area contributed by atoms with Crippen LogP contribution in [0.1, 0.15) is 36.9 Å². The van der Waals surface area contributed by atoms with Gasteiger partial charge in [0, 0.05) is 24.2 Å². The molecule has 4 rings (SSSR count). The van der Waals surface area contributed by atoms with Crippen molar-refractivity contribution in [3.63, 3.8) is 0 Å². The van der Waals surface area contributed by atoms with E-state index in [0.29, 0.717) is 29.5 Å². The summed E-state index contributed by atoms with van der Waals surface area (Å²) in [7, 11) is 0. The molecule has 3 aromatic heterocycles. The molecule has 0 aromatic carbocycles. The first-order valence-corrected chi connectivity index (χ1v) is 8.67. The number of hydrogen-bond donors (Lipinski definition) is 3. The van der Waals surface area contributed by atoms with Crippen LogP contribution in [0.15, 0.2) is 41.1 Å². The summed E-state index contributed by atoms with van der Waals surface area (Å²) < 4.78 is 19.3. The van der Waals surface area contributed by atoms with Crippen LogP contribution in [0.3, 0.4) is 0 Å². The summed E-state index contributed by atoms with van der Waals surface area (Å²) in [5, 5.41) is 24.4. The lowest BCUT2D eigenvalue weighted by Gasteiger charge is -2.41. The van der Waals surface area contributed by atoms with E-state index in [-0.39, 0.29) is 16.9 Å². The van der Waals surface area contributed by atoms with Crippen LogP contribution >= 0.6 is 0 Å². The van der Waals surface area contributed by atoms with E-state index >= 15 is 0 Å². The smallest absolute Gasteiger partial charge is 0.187 e. The first-order valence-electron chi connectivity index (χ1n) is 8.67. The average Bonchev–Trinajstić information content (AvgIpc) is 3.13. The van der Waals surface area contributed by atoms with Crippen molar-refractivity contribution in [3.8, 4) is 11.5 Å². The molecule has 4 N–H and O–H groups in total. The second-order valence-electron chi connectivity index (χ2n) is 6.69. The van der Waals surface area contributed by atoms with E-state index in [0.717, 1.165) is 19.3 Å². The number of anilines is 1. The molecule has 0 bridgehead atoms. The molecule has 8 nitrogen and oxygen atoms in total. The number of aliphatic hydroxyl groups is 1. The highest BCUT2D eigenvalue weighted by atomic mass is 19.1. The van der Waals surface area contributed by atoms with Gasteiger partial charge in [0.05, 0.1) is 5.69 Å². The van der Waals surface area contributed by atoms with Gasteiger partial charge in [-0.1, -0.05) is 11.6 Å². The van der Waals surface area contributed by atoms with Gasteiger partial charge < -0.3 is 20.7 Å². The maximum absolute atomic E-state index is 14.2. The summed E-state index contributed by atoms with van der Waals surface area (Å²) >= 11 is 0. The van der Waals surface area contributed by atoms with Crippen molar-refractivity contribution < 1.29 is 14.0 Å². The molecule has 1 aliphatic rings. The van der Waals surface area contributed by atoms with Crippen LogP contribution in [-0.4, -0.2) is 32.0 Å². The molecule has 1 fully saturated rings. The zero-order valence-corrected chi connectivity index (χ0v) is 14.5. The van der Waals surface area contributed by atoms with Crippen molar-refractivity contribution >= 4 is 5.82 Å². The number of nitrogens with zero attached hydrogens (tertiary/aromatic N) is 4. The van der Waals surface area contributed by atoms with Gasteiger partial charge >= 0.3 is 0 Å². The SMILES string of the molecule is NC(O)c1cc(-c2ccc(NCC3(c4ncccc4F)CCC3)nn2)on1. The molecule has 0 amide bonds. The van der Waals surface area contributed by atoms with Gasteiger partial charge in [-0.15, -0.1) is 10.2 Å². The predicted octanol–water partition coefficient (Wildman–Crippen LogP) is 2.15. The van der Waals surface area contributed by atoms with Crippen LogP contribution in [0.5, 0.6) is 0 Å². The van der Waals surface area contributed by atoms with E-state index < -0.39 is 6.23 Å². The monoisotopic (exact) mass is 370 g/mol. The van der Waals surface area contributed by atoms with Gasteiger partial charge in [-0.25, -0.2) is 4.39 Å². The normalized spacial score (nSPS) is 16.6. The van der Waals surface area contributed by atoms with Gasteiger partial charge in [0.1, 0.15) is 29.3 Å². The van der Waals surface area contributed by atoms with Crippen molar-refractivity contribution in [2.45, 2.75) is 30.9 Å². The third-order valence-corrected chi connectivity index (χ3v) is 4.93. The minimum atomic E-state index is -1.21. The molecule has 1 unspecified atom stereocenters. The highest BCUT2D eigenvalue weighted by Gasteiger charge is 2.41. The number of aliphatic hydroxyl groups excluding tert-OH is 1. The van der Waals surface area contributed by atoms with Crippen LogP contribution in [-0.2, 0) is 5.41 Å². The number of halogens is 1. The second-order valence-corrected chi connectivity index (χ2v) is 6.69. The van der Waals surface area contributed by atoms with E-state index in [1.165, 1.54) is 12.1 Å². The molecular weight excluding hydrogens is 351 g/mol. The molecule has 1 atom stereocenters. The van der Waals surface area contributed by atoms with Gasteiger partial charge in [-0.3, -0.25) is 4.98 Å². The van der Waals surface area contributed by atoms with Crippen molar-refractivity contribution in [3.05, 3.63) is 53.7 Å². The predicted molar refractivity (Wildman–Crippen MR) is 94.9 cm³/mol. The van der Waals surface area contributed by atoms with Crippen molar-refractivity contribution in [2.75, 3.05) is 11.9 Å². The highest BCUT2D eigenvalue weighted by Crippen LogP contribution is 2.43. The molecule has 0 radical (unpaired) electrons. The summed E-state index contributed by atoms with van der Waals surface area (Å²) in [5.41, 5.74) is 6.22. The Morgan fingerprint density at radius 3 is 2.74 bits per heavy atom. The van der Waals surface area contributed by atoms with Crippen molar-refractivity contribution in [2.24, 2.45) is 5.73 Å². The van der Waals surface area contributed by atoms with Crippen LogP contribution in [0.4, 0.5) is 10.2 Å². The number of hydrogen-bond acceptors (Lipinski definition) is 8. The third-order valence-electron chi connectivity index (χ3n) is 4.93. The highest BCUT2D eigenvalue weighted by molar-refractivity contribution is 5.53. The maximum Gasteiger partial charge on any atom is 0.187 e. The summed E-state index contributed by atoms with van der Waals surface area (Å²) in [5.74, 6) is 0.656. The lowest BCUT2D eigenvalue weighted by atomic mass is 9.66. The molecule has 1 aliphatic carbocycles. The fraction of sp³-hybridized carbons (Fsp3) is 0.333. The summed E-state index contributed by atoms with van der Waals surface area (Å²) in [6, 6.07) is 8.03. The van der Waals surface area contributed by atoms with Crippen LogP contribution < -0.4 is 11.1 Å². The molecule has 140 valence electrons. The zero-order valence-electron chi connectivity index (χ0n) is 14.5. The lowest BCUT2D eigenvalue weighted by Crippen LogP contribution is -2.42. The van der Waals surface area contributed by atoms with Gasteiger partial charge in [0.15, 0.2) is 5.76 Å². The number of aromatic nitrogens is 4. The fourth-order valence-corrected chi connectivity index (χ4v) is 3.24. The Morgan fingerprint density at radius 2 is 2.15 bits per heavy atom. The molecule has 0 aliphatic heterocycles. The average molecular weight is 370 g/mol. The number of rotatable bonds is 6. The Bertz CT molecular complexity index is 924. The van der Waals surface area contributed by atoms with Crippen LogP contribution in [0.25, 0.3) is 11.5 Å².